The molecule has 2 amide bonds. The van der Waals surface area contributed by atoms with Gasteiger partial charge in [-0.1, -0.05) is 23.5 Å². The van der Waals surface area contributed by atoms with Crippen molar-refractivity contribution in [2.75, 3.05) is 13.6 Å². The molecule has 0 saturated carbocycles. The topological polar surface area (TPSA) is 93.3 Å². The number of rotatable bonds is 7. The molecule has 0 fully saturated rings. The van der Waals surface area contributed by atoms with Gasteiger partial charge in [0.1, 0.15) is 0 Å². The molecule has 2 N–H and O–H groups in total. The van der Waals surface area contributed by atoms with Gasteiger partial charge in [0.2, 0.25) is 0 Å². The van der Waals surface area contributed by atoms with Crippen molar-refractivity contribution in [1.29, 1.82) is 0 Å². The number of thiazole rings is 1. The summed E-state index contributed by atoms with van der Waals surface area (Å²) in [5, 5.41) is 5.60. The quantitative estimate of drug-likeness (QED) is 0.365. The molecule has 33 heavy (non-hydrogen) atoms. The maximum Gasteiger partial charge on any atom is 0.251 e. The van der Waals surface area contributed by atoms with Crippen LogP contribution in [0.1, 0.15) is 27.1 Å². The van der Waals surface area contributed by atoms with Gasteiger partial charge < -0.3 is 15.2 Å². The van der Waals surface area contributed by atoms with Crippen molar-refractivity contribution in [3.63, 3.8) is 0 Å². The standard InChI is InChI=1S/C24H22N6O2S/c1-25-22(31)17-5-3-16(4-6-17)19-14-30-20-8-7-18(13-21(20)33-24(30)28-19)23(32)27-9-2-11-29-12-10-26-15-29/h3-8,10,12-15H,2,9,11H2,1H3,(H,25,31)(H,27,32). The van der Waals surface area contributed by atoms with Crippen LogP contribution >= 0.6 is 11.3 Å². The van der Waals surface area contributed by atoms with Crippen LogP contribution in [-0.2, 0) is 6.54 Å². The summed E-state index contributed by atoms with van der Waals surface area (Å²) in [6.45, 7) is 1.42. The summed E-state index contributed by atoms with van der Waals surface area (Å²) in [5.74, 6) is -0.193. The van der Waals surface area contributed by atoms with Crippen molar-refractivity contribution in [3.8, 4) is 11.3 Å². The van der Waals surface area contributed by atoms with Gasteiger partial charge in [-0.05, 0) is 36.8 Å². The normalized spacial score (nSPS) is 11.2. The molecule has 9 heteroatoms. The molecule has 2 aromatic carbocycles. The maximum absolute atomic E-state index is 12.6. The van der Waals surface area contributed by atoms with E-state index in [0.29, 0.717) is 17.7 Å². The Morgan fingerprint density at radius 2 is 1.88 bits per heavy atom. The highest BCUT2D eigenvalue weighted by molar-refractivity contribution is 7.23. The van der Waals surface area contributed by atoms with Crippen LogP contribution in [0.3, 0.4) is 0 Å². The maximum atomic E-state index is 12.6. The molecule has 0 aliphatic rings. The van der Waals surface area contributed by atoms with Crippen LogP contribution in [0, 0.1) is 0 Å². The highest BCUT2D eigenvalue weighted by Crippen LogP contribution is 2.30. The van der Waals surface area contributed by atoms with E-state index >= 15 is 0 Å². The zero-order valence-corrected chi connectivity index (χ0v) is 18.8. The molecular formula is C24H22N6O2S. The fraction of sp³-hybridized carbons (Fsp3) is 0.167. The number of aromatic nitrogens is 4. The summed E-state index contributed by atoms with van der Waals surface area (Å²) in [5.41, 5.74) is 4.04. The van der Waals surface area contributed by atoms with E-state index in [0.717, 1.165) is 39.4 Å². The van der Waals surface area contributed by atoms with E-state index in [-0.39, 0.29) is 11.8 Å². The second kappa shape index (κ2) is 8.87. The smallest absolute Gasteiger partial charge is 0.251 e. The van der Waals surface area contributed by atoms with Crippen LogP contribution in [0.5, 0.6) is 0 Å². The van der Waals surface area contributed by atoms with Gasteiger partial charge in [0, 0.05) is 55.4 Å². The van der Waals surface area contributed by atoms with Gasteiger partial charge in [-0.2, -0.15) is 0 Å². The molecule has 8 nitrogen and oxygen atoms in total. The molecule has 0 spiro atoms. The molecule has 0 bridgehead atoms. The third-order valence-electron chi connectivity index (χ3n) is 5.46. The Hall–Kier alpha value is -3.98. The molecule has 0 radical (unpaired) electrons. The van der Waals surface area contributed by atoms with E-state index in [4.69, 9.17) is 4.98 Å². The number of imidazole rings is 2. The zero-order chi connectivity index (χ0) is 22.8. The lowest BCUT2D eigenvalue weighted by Gasteiger charge is -2.06. The summed E-state index contributed by atoms with van der Waals surface area (Å²) in [6.07, 6.45) is 8.25. The van der Waals surface area contributed by atoms with Crippen molar-refractivity contribution < 1.29 is 9.59 Å². The molecule has 0 unspecified atom stereocenters. The Kier molecular flexibility index (Phi) is 5.62. The van der Waals surface area contributed by atoms with E-state index in [2.05, 4.69) is 15.6 Å². The lowest BCUT2D eigenvalue weighted by Crippen LogP contribution is -2.25. The number of carbonyl (C=O) groups is 2. The lowest BCUT2D eigenvalue weighted by atomic mass is 10.1. The lowest BCUT2D eigenvalue weighted by molar-refractivity contribution is 0.0948. The molecule has 0 aliphatic carbocycles. The number of amides is 2. The van der Waals surface area contributed by atoms with Crippen molar-refractivity contribution in [1.82, 2.24) is 29.6 Å². The number of hydrogen-bond donors (Lipinski definition) is 2. The molecular weight excluding hydrogens is 436 g/mol. The molecule has 0 saturated heterocycles. The van der Waals surface area contributed by atoms with Crippen LogP contribution in [0.4, 0.5) is 0 Å². The van der Waals surface area contributed by atoms with E-state index in [9.17, 15) is 9.59 Å². The van der Waals surface area contributed by atoms with E-state index in [1.807, 2.05) is 51.7 Å². The second-order valence-corrected chi connectivity index (χ2v) is 8.64. The Labute approximate surface area is 193 Å². The Morgan fingerprint density at radius 3 is 2.64 bits per heavy atom. The number of nitrogens with one attached hydrogen (secondary N) is 2. The number of fused-ring (bicyclic) bond motifs is 3. The van der Waals surface area contributed by atoms with Gasteiger partial charge in [-0.3, -0.25) is 14.0 Å². The fourth-order valence-electron chi connectivity index (χ4n) is 3.70. The predicted octanol–water partition coefficient (Wildman–Crippen LogP) is 3.59. The summed E-state index contributed by atoms with van der Waals surface area (Å²) >= 11 is 1.54. The summed E-state index contributed by atoms with van der Waals surface area (Å²) in [6, 6.07) is 13.1. The number of benzene rings is 2. The minimum Gasteiger partial charge on any atom is -0.355 e. The average Bonchev–Trinajstić information content (AvgIpc) is 3.57. The molecule has 5 rings (SSSR count). The van der Waals surface area contributed by atoms with Crippen molar-refractivity contribution in [3.05, 3.63) is 78.5 Å². The zero-order valence-electron chi connectivity index (χ0n) is 18.0. The number of aryl methyl sites for hydroxylation is 1. The van der Waals surface area contributed by atoms with Gasteiger partial charge in [0.25, 0.3) is 11.8 Å². The molecule has 3 aromatic heterocycles. The van der Waals surface area contributed by atoms with Gasteiger partial charge in [-0.15, -0.1) is 0 Å². The number of nitrogens with zero attached hydrogens (tertiary/aromatic N) is 4. The van der Waals surface area contributed by atoms with Crippen LogP contribution in [0.2, 0.25) is 0 Å². The van der Waals surface area contributed by atoms with Crippen LogP contribution in [-0.4, -0.2) is 44.3 Å². The van der Waals surface area contributed by atoms with Crippen LogP contribution in [0.25, 0.3) is 26.4 Å². The van der Waals surface area contributed by atoms with Gasteiger partial charge in [0.05, 0.1) is 22.2 Å². The molecule has 3 heterocycles. The van der Waals surface area contributed by atoms with E-state index in [1.54, 1.807) is 43.0 Å². The monoisotopic (exact) mass is 458 g/mol. The Morgan fingerprint density at radius 1 is 1.06 bits per heavy atom. The molecule has 5 aromatic rings. The third kappa shape index (κ3) is 4.22. The first-order valence-corrected chi connectivity index (χ1v) is 11.4. The van der Waals surface area contributed by atoms with Crippen LogP contribution in [0.15, 0.2) is 67.4 Å². The summed E-state index contributed by atoms with van der Waals surface area (Å²) < 4.78 is 5.03. The highest BCUT2D eigenvalue weighted by atomic mass is 32.1. The first-order chi connectivity index (χ1) is 16.1. The van der Waals surface area contributed by atoms with Gasteiger partial charge >= 0.3 is 0 Å². The Balaban J connectivity index is 1.30. The Bertz CT molecular complexity index is 1430. The summed E-state index contributed by atoms with van der Waals surface area (Å²) in [7, 11) is 1.61. The van der Waals surface area contributed by atoms with Gasteiger partial charge in [0.15, 0.2) is 4.96 Å². The van der Waals surface area contributed by atoms with Crippen LogP contribution < -0.4 is 10.6 Å². The highest BCUT2D eigenvalue weighted by Gasteiger charge is 2.13. The number of carbonyl (C=O) groups excluding carboxylic acids is 2. The fourth-order valence-corrected chi connectivity index (χ4v) is 4.75. The largest absolute Gasteiger partial charge is 0.355 e. The molecule has 0 atom stereocenters. The minimum atomic E-state index is -0.114. The first kappa shape index (κ1) is 20.9. The van der Waals surface area contributed by atoms with Crippen molar-refractivity contribution in [2.45, 2.75) is 13.0 Å². The van der Waals surface area contributed by atoms with Crippen molar-refractivity contribution in [2.24, 2.45) is 0 Å². The molecule has 0 aliphatic heterocycles. The third-order valence-corrected chi connectivity index (χ3v) is 6.48. The second-order valence-electron chi connectivity index (χ2n) is 7.63. The first-order valence-electron chi connectivity index (χ1n) is 10.6. The minimum absolute atomic E-state index is 0.0783. The molecule has 166 valence electrons. The average molecular weight is 459 g/mol. The number of hydrogen-bond acceptors (Lipinski definition) is 5. The van der Waals surface area contributed by atoms with E-state index in [1.165, 1.54) is 0 Å². The van der Waals surface area contributed by atoms with E-state index < -0.39 is 0 Å². The van der Waals surface area contributed by atoms with Crippen molar-refractivity contribution >= 4 is 38.3 Å². The SMILES string of the molecule is CNC(=O)c1ccc(-c2cn3c(n2)sc2cc(C(=O)NCCCn4ccnc4)ccc23)cc1. The predicted molar refractivity (Wildman–Crippen MR) is 129 cm³/mol. The summed E-state index contributed by atoms with van der Waals surface area (Å²) in [4.78, 5) is 33.9. The van der Waals surface area contributed by atoms with Gasteiger partial charge in [-0.25, -0.2) is 9.97 Å².